The van der Waals surface area contributed by atoms with Crippen LogP contribution in [0.15, 0.2) is 18.2 Å². The van der Waals surface area contributed by atoms with Gasteiger partial charge in [0.05, 0.1) is 11.5 Å². The van der Waals surface area contributed by atoms with Gasteiger partial charge in [-0.15, -0.1) is 0 Å². The normalized spacial score (nSPS) is 12.2. The van der Waals surface area contributed by atoms with E-state index in [1.54, 1.807) is 6.07 Å². The Labute approximate surface area is 106 Å². The zero-order chi connectivity index (χ0) is 13.7. The summed E-state index contributed by atoms with van der Waals surface area (Å²) >= 11 is 0. The summed E-state index contributed by atoms with van der Waals surface area (Å²) in [6.07, 6.45) is 0.886. The van der Waals surface area contributed by atoms with E-state index in [1.165, 1.54) is 18.2 Å². The molecule has 0 amide bonds. The predicted octanol–water partition coefficient (Wildman–Crippen LogP) is 2.99. The van der Waals surface area contributed by atoms with Crippen LogP contribution >= 0.6 is 0 Å². The largest absolute Gasteiger partial charge is 0.481 e. The van der Waals surface area contributed by atoms with E-state index in [1.807, 2.05) is 13.8 Å². The van der Waals surface area contributed by atoms with Gasteiger partial charge in [0.1, 0.15) is 11.9 Å². The maximum absolute atomic E-state index is 13.1. The molecule has 0 spiro atoms. The van der Waals surface area contributed by atoms with Crippen molar-refractivity contribution in [3.63, 3.8) is 0 Å². The molecule has 0 radical (unpaired) electrons. The molecule has 18 heavy (non-hydrogen) atoms. The van der Waals surface area contributed by atoms with Crippen molar-refractivity contribution in [1.82, 2.24) is 0 Å². The molecule has 1 N–H and O–H groups in total. The van der Waals surface area contributed by atoms with Crippen LogP contribution in [-0.4, -0.2) is 11.1 Å². The van der Waals surface area contributed by atoms with Crippen LogP contribution in [0, 0.1) is 29.0 Å². The second-order valence-electron chi connectivity index (χ2n) is 4.79. The van der Waals surface area contributed by atoms with Crippen molar-refractivity contribution in [2.75, 3.05) is 0 Å². The molecular formula is C14H16FNO2. The van der Waals surface area contributed by atoms with E-state index in [-0.39, 0.29) is 11.5 Å². The molecule has 0 saturated carbocycles. The minimum Gasteiger partial charge on any atom is -0.481 e. The highest BCUT2D eigenvalue weighted by molar-refractivity contribution is 5.70. The van der Waals surface area contributed by atoms with Crippen LogP contribution in [0.5, 0.6) is 0 Å². The molecular weight excluding hydrogens is 233 g/mol. The van der Waals surface area contributed by atoms with E-state index in [0.29, 0.717) is 18.4 Å². The monoisotopic (exact) mass is 249 g/mol. The minimum atomic E-state index is -0.855. The summed E-state index contributed by atoms with van der Waals surface area (Å²) in [5.74, 6) is -1.65. The maximum atomic E-state index is 13.1. The number of hydrogen-bond donors (Lipinski definition) is 1. The van der Waals surface area contributed by atoms with Gasteiger partial charge in [0.15, 0.2) is 0 Å². The zero-order valence-corrected chi connectivity index (χ0v) is 10.5. The van der Waals surface area contributed by atoms with Crippen molar-refractivity contribution in [3.05, 3.63) is 35.1 Å². The third kappa shape index (κ3) is 3.85. The fourth-order valence-corrected chi connectivity index (χ4v) is 1.91. The highest BCUT2D eigenvalue weighted by atomic mass is 19.1. The summed E-state index contributed by atoms with van der Waals surface area (Å²) < 4.78 is 13.1. The first-order valence-corrected chi connectivity index (χ1v) is 5.85. The Balaban J connectivity index is 2.88. The number of carboxylic acid groups (broad SMARTS) is 1. The molecule has 0 heterocycles. The molecule has 0 aliphatic heterocycles. The predicted molar refractivity (Wildman–Crippen MR) is 65.4 cm³/mol. The summed E-state index contributed by atoms with van der Waals surface area (Å²) in [6, 6.07) is 5.92. The van der Waals surface area contributed by atoms with Crippen molar-refractivity contribution in [2.24, 2.45) is 11.8 Å². The topological polar surface area (TPSA) is 61.1 Å². The fourth-order valence-electron chi connectivity index (χ4n) is 1.91. The smallest absolute Gasteiger partial charge is 0.306 e. The van der Waals surface area contributed by atoms with Gasteiger partial charge in [-0.05, 0) is 36.5 Å². The highest BCUT2D eigenvalue weighted by Gasteiger charge is 2.19. The number of hydrogen-bond acceptors (Lipinski definition) is 2. The number of rotatable bonds is 5. The van der Waals surface area contributed by atoms with E-state index < -0.39 is 17.7 Å². The third-order valence-corrected chi connectivity index (χ3v) is 2.74. The van der Waals surface area contributed by atoms with Gasteiger partial charge in [0.25, 0.3) is 0 Å². The van der Waals surface area contributed by atoms with Gasteiger partial charge in [-0.25, -0.2) is 4.39 Å². The Hall–Kier alpha value is -1.89. The molecule has 0 aliphatic carbocycles. The maximum Gasteiger partial charge on any atom is 0.306 e. The second-order valence-corrected chi connectivity index (χ2v) is 4.79. The van der Waals surface area contributed by atoms with Crippen molar-refractivity contribution >= 4 is 5.97 Å². The molecule has 0 aromatic heterocycles. The van der Waals surface area contributed by atoms with Gasteiger partial charge < -0.3 is 5.11 Å². The van der Waals surface area contributed by atoms with Gasteiger partial charge in [0.2, 0.25) is 0 Å². The molecule has 0 fully saturated rings. The third-order valence-electron chi connectivity index (χ3n) is 2.74. The van der Waals surface area contributed by atoms with E-state index in [0.717, 1.165) is 0 Å². The van der Waals surface area contributed by atoms with Crippen LogP contribution in [0.1, 0.15) is 31.4 Å². The van der Waals surface area contributed by atoms with Crippen LogP contribution in [0.4, 0.5) is 4.39 Å². The molecule has 0 bridgehead atoms. The standard InChI is InChI=1S/C14H16FNO2/c1-9(2)5-11(14(17)18)6-10-3-4-13(15)12(7-10)8-16/h3-4,7,9,11H,5-6H2,1-2H3,(H,17,18). The number of nitrogens with zero attached hydrogens (tertiary/aromatic N) is 1. The lowest BCUT2D eigenvalue weighted by Crippen LogP contribution is -2.18. The number of benzene rings is 1. The van der Waals surface area contributed by atoms with Gasteiger partial charge in [0, 0.05) is 0 Å². The first-order chi connectivity index (χ1) is 8.43. The van der Waals surface area contributed by atoms with E-state index >= 15 is 0 Å². The summed E-state index contributed by atoms with van der Waals surface area (Å²) in [6.45, 7) is 3.92. The summed E-state index contributed by atoms with van der Waals surface area (Å²) in [7, 11) is 0. The van der Waals surface area contributed by atoms with Gasteiger partial charge >= 0.3 is 5.97 Å². The Morgan fingerprint density at radius 3 is 2.67 bits per heavy atom. The lowest BCUT2D eigenvalue weighted by molar-refractivity contribution is -0.142. The lowest BCUT2D eigenvalue weighted by atomic mass is 9.90. The molecule has 1 atom stereocenters. The molecule has 96 valence electrons. The van der Waals surface area contributed by atoms with Gasteiger partial charge in [-0.1, -0.05) is 19.9 Å². The molecule has 0 saturated heterocycles. The molecule has 1 aromatic carbocycles. The first-order valence-electron chi connectivity index (χ1n) is 5.85. The van der Waals surface area contributed by atoms with E-state index in [4.69, 9.17) is 10.4 Å². The van der Waals surface area contributed by atoms with Crippen LogP contribution in [0.2, 0.25) is 0 Å². The lowest BCUT2D eigenvalue weighted by Gasteiger charge is -2.14. The van der Waals surface area contributed by atoms with E-state index in [2.05, 4.69) is 0 Å². The average molecular weight is 249 g/mol. The van der Waals surface area contributed by atoms with Crippen LogP contribution in [-0.2, 0) is 11.2 Å². The summed E-state index contributed by atoms with van der Waals surface area (Å²) in [5.41, 5.74) is 0.641. The Morgan fingerprint density at radius 2 is 2.17 bits per heavy atom. The Morgan fingerprint density at radius 1 is 1.50 bits per heavy atom. The molecule has 3 nitrogen and oxygen atoms in total. The van der Waals surface area contributed by atoms with Crippen LogP contribution in [0.25, 0.3) is 0 Å². The zero-order valence-electron chi connectivity index (χ0n) is 10.5. The summed E-state index contributed by atoms with van der Waals surface area (Å²) in [5, 5.41) is 17.9. The molecule has 0 aliphatic rings. The van der Waals surface area contributed by atoms with Crippen LogP contribution < -0.4 is 0 Å². The van der Waals surface area contributed by atoms with Crippen molar-refractivity contribution in [1.29, 1.82) is 5.26 Å². The number of nitriles is 1. The summed E-state index contributed by atoms with van der Waals surface area (Å²) in [4.78, 5) is 11.1. The van der Waals surface area contributed by atoms with Crippen molar-refractivity contribution in [2.45, 2.75) is 26.7 Å². The van der Waals surface area contributed by atoms with Gasteiger partial charge in [-0.3, -0.25) is 4.79 Å². The van der Waals surface area contributed by atoms with Gasteiger partial charge in [-0.2, -0.15) is 5.26 Å². The van der Waals surface area contributed by atoms with E-state index in [9.17, 15) is 9.18 Å². The quantitative estimate of drug-likeness (QED) is 0.872. The number of carboxylic acids is 1. The Bertz CT molecular complexity index is 477. The fraction of sp³-hybridized carbons (Fsp3) is 0.429. The second kappa shape index (κ2) is 6.15. The number of carbonyl (C=O) groups is 1. The number of halogens is 1. The SMILES string of the molecule is CC(C)CC(Cc1ccc(F)c(C#N)c1)C(=O)O. The molecule has 1 unspecified atom stereocenters. The molecule has 1 rings (SSSR count). The van der Waals surface area contributed by atoms with Crippen molar-refractivity contribution in [3.8, 4) is 6.07 Å². The number of aliphatic carboxylic acids is 1. The Kier molecular flexibility index (Phi) is 4.85. The molecule has 1 aromatic rings. The first kappa shape index (κ1) is 14.2. The van der Waals surface area contributed by atoms with Crippen molar-refractivity contribution < 1.29 is 14.3 Å². The highest BCUT2D eigenvalue weighted by Crippen LogP contribution is 2.19. The minimum absolute atomic E-state index is 0.0406. The van der Waals surface area contributed by atoms with Crippen LogP contribution in [0.3, 0.4) is 0 Å². The molecule has 4 heteroatoms. The average Bonchev–Trinajstić information content (AvgIpc) is 2.29.